The zero-order valence-corrected chi connectivity index (χ0v) is 15.4. The summed E-state index contributed by atoms with van der Waals surface area (Å²) in [6, 6.07) is 16.7. The molecule has 1 aliphatic heterocycles. The highest BCUT2D eigenvalue weighted by molar-refractivity contribution is 9.10. The van der Waals surface area contributed by atoms with Crippen molar-refractivity contribution in [2.75, 3.05) is 4.90 Å². The lowest BCUT2D eigenvalue weighted by atomic mass is 10.0. The Balaban J connectivity index is 2.12. The highest BCUT2D eigenvalue weighted by Crippen LogP contribution is 2.40. The van der Waals surface area contributed by atoms with E-state index in [0.29, 0.717) is 17.8 Å². The van der Waals surface area contributed by atoms with Gasteiger partial charge in [0.2, 0.25) is 0 Å². The maximum absolute atomic E-state index is 12.8. The first-order valence-corrected chi connectivity index (χ1v) is 8.54. The molecule has 2 aromatic carbocycles. The normalized spacial score (nSPS) is 12.6. The lowest BCUT2D eigenvalue weighted by Gasteiger charge is -2.17. The number of carbonyl (C=O) groups excluding carboxylic acids is 1. The Bertz CT molecular complexity index is 934. The van der Waals surface area contributed by atoms with E-state index in [9.17, 15) is 15.3 Å². The van der Waals surface area contributed by atoms with Crippen molar-refractivity contribution in [3.05, 3.63) is 68.1 Å². The van der Waals surface area contributed by atoms with Crippen LogP contribution in [0.5, 0.6) is 0 Å². The minimum Gasteiger partial charge on any atom is -0.303 e. The van der Waals surface area contributed by atoms with E-state index in [4.69, 9.17) is 0 Å². The molecule has 0 radical (unpaired) electrons. The number of halogens is 2. The topological polar surface area (TPSA) is 67.9 Å². The SMILES string of the molecule is N#CC(C#N)=C1C(=O)N(Cc2ccc(Br)cc2)c2ccc(Br)cc21. The maximum atomic E-state index is 12.8. The van der Waals surface area contributed by atoms with Crippen molar-refractivity contribution in [3.8, 4) is 12.1 Å². The molecule has 0 N–H and O–H groups in total. The summed E-state index contributed by atoms with van der Waals surface area (Å²) in [5.41, 5.74) is 2.25. The van der Waals surface area contributed by atoms with Gasteiger partial charge in [0.05, 0.1) is 17.8 Å². The highest BCUT2D eigenvalue weighted by Gasteiger charge is 2.35. The molecule has 0 saturated heterocycles. The third kappa shape index (κ3) is 2.87. The average molecular weight is 443 g/mol. The Kier molecular flexibility index (Phi) is 4.53. The standard InChI is InChI=1S/C18H9Br2N3O/c19-13-3-1-11(2-4-13)10-23-16-6-5-14(20)7-15(16)17(18(23)24)12(8-21)9-22/h1-7H,10H2. The van der Waals surface area contributed by atoms with E-state index in [1.165, 1.54) is 0 Å². The first-order valence-electron chi connectivity index (χ1n) is 6.96. The quantitative estimate of drug-likeness (QED) is 0.505. The van der Waals surface area contributed by atoms with E-state index >= 15 is 0 Å². The second kappa shape index (κ2) is 6.60. The molecule has 1 heterocycles. The van der Waals surface area contributed by atoms with E-state index in [1.54, 1.807) is 11.0 Å². The summed E-state index contributed by atoms with van der Waals surface area (Å²) in [5, 5.41) is 18.4. The molecular formula is C18H9Br2N3O. The van der Waals surface area contributed by atoms with Crippen molar-refractivity contribution in [2.24, 2.45) is 0 Å². The minimum atomic E-state index is -0.330. The third-order valence-electron chi connectivity index (χ3n) is 3.71. The highest BCUT2D eigenvalue weighted by atomic mass is 79.9. The fourth-order valence-corrected chi connectivity index (χ4v) is 3.24. The smallest absolute Gasteiger partial charge is 0.261 e. The van der Waals surface area contributed by atoms with Crippen molar-refractivity contribution in [2.45, 2.75) is 6.54 Å². The van der Waals surface area contributed by atoms with Crippen LogP contribution in [-0.2, 0) is 11.3 Å². The summed E-state index contributed by atoms with van der Waals surface area (Å²) in [4.78, 5) is 14.4. The molecule has 0 aliphatic carbocycles. The van der Waals surface area contributed by atoms with Crippen LogP contribution in [0, 0.1) is 22.7 Å². The largest absolute Gasteiger partial charge is 0.303 e. The summed E-state index contributed by atoms with van der Waals surface area (Å²) < 4.78 is 1.74. The fourth-order valence-electron chi connectivity index (χ4n) is 2.61. The molecule has 0 bridgehead atoms. The van der Waals surface area contributed by atoms with Gasteiger partial charge < -0.3 is 4.90 Å². The van der Waals surface area contributed by atoms with Crippen LogP contribution in [0.3, 0.4) is 0 Å². The van der Waals surface area contributed by atoms with E-state index in [1.807, 2.05) is 48.5 Å². The van der Waals surface area contributed by atoms with Crippen LogP contribution < -0.4 is 4.90 Å². The molecule has 6 heteroatoms. The van der Waals surface area contributed by atoms with E-state index < -0.39 is 0 Å². The van der Waals surface area contributed by atoms with Gasteiger partial charge in [0, 0.05) is 14.5 Å². The average Bonchev–Trinajstić information content (AvgIpc) is 2.83. The fraction of sp³-hybridized carbons (Fsp3) is 0.0556. The lowest BCUT2D eigenvalue weighted by Crippen LogP contribution is -2.26. The molecule has 116 valence electrons. The molecule has 0 saturated carbocycles. The van der Waals surface area contributed by atoms with Gasteiger partial charge in [-0.25, -0.2) is 0 Å². The summed E-state index contributed by atoms with van der Waals surface area (Å²) in [5.74, 6) is -0.330. The Morgan fingerprint density at radius 2 is 1.62 bits per heavy atom. The van der Waals surface area contributed by atoms with Crippen molar-refractivity contribution < 1.29 is 4.79 Å². The molecule has 4 nitrogen and oxygen atoms in total. The van der Waals surface area contributed by atoms with E-state index in [0.717, 1.165) is 14.5 Å². The van der Waals surface area contributed by atoms with Gasteiger partial charge in [0.15, 0.2) is 0 Å². The van der Waals surface area contributed by atoms with Gasteiger partial charge in [-0.05, 0) is 35.9 Å². The monoisotopic (exact) mass is 441 g/mol. The molecule has 0 spiro atoms. The van der Waals surface area contributed by atoms with Crippen molar-refractivity contribution in [3.63, 3.8) is 0 Å². The number of hydrogen-bond acceptors (Lipinski definition) is 3. The molecule has 0 atom stereocenters. The number of carbonyl (C=O) groups is 1. The molecular weight excluding hydrogens is 434 g/mol. The van der Waals surface area contributed by atoms with Crippen LogP contribution in [-0.4, -0.2) is 5.91 Å². The van der Waals surface area contributed by atoms with Crippen LogP contribution >= 0.6 is 31.9 Å². The van der Waals surface area contributed by atoms with Crippen LogP contribution in [0.25, 0.3) is 5.57 Å². The molecule has 2 aromatic rings. The van der Waals surface area contributed by atoms with Crippen LogP contribution in [0.1, 0.15) is 11.1 Å². The van der Waals surface area contributed by atoms with Crippen LogP contribution in [0.2, 0.25) is 0 Å². The summed E-state index contributed by atoms with van der Waals surface area (Å²) in [6.07, 6.45) is 0. The predicted octanol–water partition coefficient (Wildman–Crippen LogP) is 4.56. The van der Waals surface area contributed by atoms with Crippen molar-refractivity contribution in [1.29, 1.82) is 10.5 Å². The zero-order chi connectivity index (χ0) is 17.3. The maximum Gasteiger partial charge on any atom is 0.261 e. The number of allylic oxidation sites excluding steroid dienone is 1. The number of nitrogens with zero attached hydrogens (tertiary/aromatic N) is 3. The number of hydrogen-bond donors (Lipinski definition) is 0. The number of nitriles is 2. The Morgan fingerprint density at radius 1 is 1.00 bits per heavy atom. The third-order valence-corrected chi connectivity index (χ3v) is 4.73. The minimum absolute atomic E-state index is 0.161. The van der Waals surface area contributed by atoms with Gasteiger partial charge in [-0.3, -0.25) is 4.79 Å². The zero-order valence-electron chi connectivity index (χ0n) is 12.3. The molecule has 1 amide bonds. The van der Waals surface area contributed by atoms with E-state index in [2.05, 4.69) is 31.9 Å². The lowest BCUT2D eigenvalue weighted by molar-refractivity contribution is -0.113. The van der Waals surface area contributed by atoms with Gasteiger partial charge in [-0.1, -0.05) is 44.0 Å². The molecule has 24 heavy (non-hydrogen) atoms. The van der Waals surface area contributed by atoms with Gasteiger partial charge in [0.1, 0.15) is 17.7 Å². The van der Waals surface area contributed by atoms with Crippen LogP contribution in [0.15, 0.2) is 57.0 Å². The van der Waals surface area contributed by atoms with E-state index in [-0.39, 0.29) is 17.1 Å². The number of benzene rings is 2. The molecule has 0 fully saturated rings. The molecule has 1 aliphatic rings. The van der Waals surface area contributed by atoms with Gasteiger partial charge in [0.25, 0.3) is 5.91 Å². The van der Waals surface area contributed by atoms with Gasteiger partial charge >= 0.3 is 0 Å². The van der Waals surface area contributed by atoms with Gasteiger partial charge in [-0.15, -0.1) is 0 Å². The first kappa shape index (κ1) is 16.4. The number of anilines is 1. The predicted molar refractivity (Wildman–Crippen MR) is 97.6 cm³/mol. The first-order chi connectivity index (χ1) is 11.5. The Morgan fingerprint density at radius 3 is 2.25 bits per heavy atom. The summed E-state index contributed by atoms with van der Waals surface area (Å²) in [6.45, 7) is 0.369. The van der Waals surface area contributed by atoms with Crippen LogP contribution in [0.4, 0.5) is 5.69 Å². The summed E-state index contributed by atoms with van der Waals surface area (Å²) >= 11 is 6.76. The number of rotatable bonds is 2. The van der Waals surface area contributed by atoms with Crippen molar-refractivity contribution in [1.82, 2.24) is 0 Å². The second-order valence-corrected chi connectivity index (χ2v) is 6.98. The molecule has 0 unspecified atom stereocenters. The molecule has 3 rings (SSSR count). The second-order valence-electron chi connectivity index (χ2n) is 5.15. The van der Waals surface area contributed by atoms with Crippen molar-refractivity contribution >= 4 is 49.0 Å². The summed E-state index contributed by atoms with van der Waals surface area (Å²) in [7, 11) is 0. The molecule has 0 aromatic heterocycles. The Hall–Kier alpha value is -2.41. The Labute approximate surface area is 155 Å². The van der Waals surface area contributed by atoms with Gasteiger partial charge in [-0.2, -0.15) is 10.5 Å². The number of amides is 1. The number of fused-ring (bicyclic) bond motifs is 1.